The second kappa shape index (κ2) is 25.3. The van der Waals surface area contributed by atoms with Crippen molar-refractivity contribution in [1.29, 1.82) is 0 Å². The van der Waals surface area contributed by atoms with Gasteiger partial charge < -0.3 is 48.9 Å². The van der Waals surface area contributed by atoms with Crippen LogP contribution in [-0.4, -0.2) is 135 Å². The fourth-order valence-corrected chi connectivity index (χ4v) is 9.21. The molecule has 0 saturated carbocycles. The number of aromatic nitrogens is 4. The van der Waals surface area contributed by atoms with Gasteiger partial charge in [0, 0.05) is 96.2 Å². The van der Waals surface area contributed by atoms with Crippen molar-refractivity contribution >= 4 is 34.6 Å². The van der Waals surface area contributed by atoms with Crippen molar-refractivity contribution in [1.82, 2.24) is 19.9 Å². The van der Waals surface area contributed by atoms with Crippen LogP contribution in [0.25, 0.3) is 22.3 Å². The number of hydrogen-bond donors (Lipinski definition) is 2. The van der Waals surface area contributed by atoms with E-state index in [4.69, 9.17) is 28.4 Å². The molecule has 424 valence electrons. The summed E-state index contributed by atoms with van der Waals surface area (Å²) in [6, 6.07) is 15.5. The summed E-state index contributed by atoms with van der Waals surface area (Å²) in [4.78, 5) is 47.5. The zero-order valence-electron chi connectivity index (χ0n) is 43.4. The predicted molar refractivity (Wildman–Crippen MR) is 279 cm³/mol. The van der Waals surface area contributed by atoms with Gasteiger partial charge in [-0.1, -0.05) is 12.1 Å². The highest BCUT2D eigenvalue weighted by Crippen LogP contribution is 2.38. The lowest BCUT2D eigenvalue weighted by molar-refractivity contribution is -0.138. The molecule has 0 unspecified atom stereocenters. The molecule has 2 aromatic carbocycles. The van der Waals surface area contributed by atoms with E-state index in [2.05, 4.69) is 40.4 Å². The Hall–Kier alpha value is -7.54. The second-order valence-corrected chi connectivity index (χ2v) is 19.1. The summed E-state index contributed by atoms with van der Waals surface area (Å²) >= 11 is 0. The van der Waals surface area contributed by atoms with E-state index < -0.39 is 59.8 Å². The lowest BCUT2D eigenvalue weighted by atomic mass is 10.0. The number of rotatable bonds is 12. The number of halogens is 8. The van der Waals surface area contributed by atoms with E-state index in [-0.39, 0.29) is 24.3 Å². The summed E-state index contributed by atoms with van der Waals surface area (Å²) in [5.74, 6) is -0.786. The Kier molecular flexibility index (Phi) is 18.1. The van der Waals surface area contributed by atoms with Crippen LogP contribution >= 0.6 is 0 Å². The molecule has 4 aliphatic heterocycles. The van der Waals surface area contributed by atoms with Gasteiger partial charge in [-0.15, -0.1) is 0 Å². The molecule has 2 amide bonds. The maximum absolute atomic E-state index is 14.4. The Balaban J connectivity index is 0.000000194. The highest BCUT2D eigenvalue weighted by molar-refractivity contribution is 6.05. The molecule has 80 heavy (non-hydrogen) atoms. The van der Waals surface area contributed by atoms with Crippen LogP contribution in [0.2, 0.25) is 0 Å². The maximum Gasteiger partial charge on any atom is 0.416 e. The Morgan fingerprint density at radius 3 is 1.31 bits per heavy atom. The number of ether oxygens (including phenoxy) is 6. The number of benzene rings is 2. The molecule has 24 heteroatoms. The number of amides is 2. The monoisotopic (exact) mass is 1120 g/mol. The minimum atomic E-state index is -4.56. The van der Waals surface area contributed by atoms with E-state index in [0.717, 1.165) is 24.3 Å². The predicted octanol–water partition coefficient (Wildman–Crippen LogP) is 10.1. The quantitative estimate of drug-likeness (QED) is 0.111. The number of aryl methyl sites for hydroxylation is 2. The molecule has 4 fully saturated rings. The van der Waals surface area contributed by atoms with Crippen LogP contribution in [0, 0.1) is 13.8 Å². The number of nitrogens with one attached hydrogen (secondary N) is 2. The van der Waals surface area contributed by atoms with Gasteiger partial charge in [0.05, 0.1) is 87.8 Å². The maximum atomic E-state index is 14.4. The van der Waals surface area contributed by atoms with Gasteiger partial charge >= 0.3 is 12.4 Å². The summed E-state index contributed by atoms with van der Waals surface area (Å²) in [6.45, 7) is 8.79. The molecule has 2 N–H and O–H groups in total. The first-order chi connectivity index (χ1) is 38.4. The van der Waals surface area contributed by atoms with Gasteiger partial charge in [0.2, 0.25) is 11.8 Å². The third-order valence-corrected chi connectivity index (χ3v) is 13.6. The van der Waals surface area contributed by atoms with Gasteiger partial charge in [-0.05, 0) is 74.5 Å². The smallest absolute Gasteiger partial charge is 0.416 e. The van der Waals surface area contributed by atoms with Gasteiger partial charge in [-0.25, -0.2) is 18.7 Å². The molecule has 0 spiro atoms. The lowest BCUT2D eigenvalue weighted by Crippen LogP contribution is -2.39. The van der Waals surface area contributed by atoms with Crippen molar-refractivity contribution in [3.63, 3.8) is 0 Å². The molecule has 0 bridgehead atoms. The minimum absolute atomic E-state index is 0.0283. The summed E-state index contributed by atoms with van der Waals surface area (Å²) in [6.07, 6.45) is -6.15. The molecule has 8 heterocycles. The van der Waals surface area contributed by atoms with Gasteiger partial charge in [0.25, 0.3) is 11.8 Å². The zero-order chi connectivity index (χ0) is 56.6. The van der Waals surface area contributed by atoms with Crippen molar-refractivity contribution in [2.24, 2.45) is 0 Å². The van der Waals surface area contributed by atoms with E-state index in [1.165, 1.54) is 36.7 Å². The molecule has 0 radical (unpaired) electrons. The van der Waals surface area contributed by atoms with E-state index in [9.17, 15) is 44.7 Å². The molecule has 4 saturated heterocycles. The molecule has 4 aliphatic rings. The number of morpholine rings is 2. The van der Waals surface area contributed by atoms with Crippen molar-refractivity contribution in [3.05, 3.63) is 131 Å². The van der Waals surface area contributed by atoms with Crippen molar-refractivity contribution in [2.75, 3.05) is 99.5 Å². The summed E-state index contributed by atoms with van der Waals surface area (Å²) in [5, 5.41) is 5.26. The normalized spacial score (nSPS) is 19.8. The number of hydrogen-bond acceptors (Lipinski definition) is 14. The molecule has 4 atom stereocenters. The Labute approximate surface area is 454 Å². The number of alkyl halides is 8. The lowest BCUT2D eigenvalue weighted by Gasteiger charge is -2.32. The number of pyridine rings is 4. The molecule has 6 aromatic rings. The largest absolute Gasteiger partial charge is 0.470 e. The van der Waals surface area contributed by atoms with Crippen LogP contribution < -0.4 is 29.9 Å². The van der Waals surface area contributed by atoms with Crippen LogP contribution in [0.4, 0.5) is 57.9 Å². The zero-order valence-corrected chi connectivity index (χ0v) is 43.4. The van der Waals surface area contributed by atoms with Crippen LogP contribution in [-0.2, 0) is 31.3 Å². The molecular weight excluding hydrogens is 1060 g/mol. The second-order valence-electron chi connectivity index (χ2n) is 19.1. The Morgan fingerprint density at radius 2 is 0.938 bits per heavy atom. The Bertz CT molecular complexity index is 2940. The summed E-state index contributed by atoms with van der Waals surface area (Å²) in [5.41, 5.74) is 3.85. The first-order valence-electron chi connectivity index (χ1n) is 25.7. The third kappa shape index (κ3) is 14.2. The average molecular weight is 1120 g/mol. The first kappa shape index (κ1) is 57.2. The van der Waals surface area contributed by atoms with Gasteiger partial charge in [0.1, 0.15) is 23.6 Å². The first-order valence-corrected chi connectivity index (χ1v) is 25.7. The van der Waals surface area contributed by atoms with E-state index in [1.54, 1.807) is 38.4 Å². The number of carbonyl (C=O) groups is 2. The van der Waals surface area contributed by atoms with E-state index in [0.29, 0.717) is 147 Å². The number of nitrogens with zero attached hydrogens (tertiary/aromatic N) is 6. The molecule has 10 rings (SSSR count). The highest BCUT2D eigenvalue weighted by Gasteiger charge is 2.34. The standard InChI is InChI=1S/2C28H28F4N4O4/c2*1-17-22(13-21(15-33-17)35-26(37)18-3-2-4-20(11-18)28(30,31)32)19-12-24(36-6-9-38-10-7-36)27(34-14-19)40-25-5-8-39-16-23(25)29/h2*2-4,11-15,23,25H,5-10,16H2,1H3,(H,35,37)/t2*23-,25+/m10/s1. The molecular formula is C56H56F8N8O8. The van der Waals surface area contributed by atoms with Gasteiger partial charge in [-0.3, -0.25) is 19.6 Å². The van der Waals surface area contributed by atoms with Crippen molar-refractivity contribution in [2.45, 2.75) is 63.6 Å². The van der Waals surface area contributed by atoms with E-state index in [1.807, 2.05) is 12.1 Å². The number of anilines is 4. The summed E-state index contributed by atoms with van der Waals surface area (Å²) in [7, 11) is 0. The average Bonchev–Trinajstić information content (AvgIpc) is 3.46. The fraction of sp³-hybridized carbons (Fsp3) is 0.393. The highest BCUT2D eigenvalue weighted by atomic mass is 19.4. The van der Waals surface area contributed by atoms with Crippen molar-refractivity contribution in [3.8, 4) is 34.0 Å². The van der Waals surface area contributed by atoms with Crippen LogP contribution in [0.1, 0.15) is 56.1 Å². The van der Waals surface area contributed by atoms with Crippen LogP contribution in [0.3, 0.4) is 0 Å². The third-order valence-electron chi connectivity index (χ3n) is 13.6. The molecule has 16 nitrogen and oxygen atoms in total. The molecule has 0 aliphatic carbocycles. The number of carbonyl (C=O) groups excluding carboxylic acids is 2. The van der Waals surface area contributed by atoms with Gasteiger partial charge in [-0.2, -0.15) is 26.3 Å². The SMILES string of the molecule is Cc1ncc(NC(=O)c2cccc(C(F)(F)F)c2)cc1-c1cnc(O[C@@H]2CCOC[C@@H]2F)c(N2CCOCC2)c1.Cc1ncc(NC(=O)c2cccc(C(F)(F)F)c2)cc1-c1cnc(O[C@H]2CCOC[C@H]2F)c(N2CCOCC2)c1. The fourth-order valence-electron chi connectivity index (χ4n) is 9.21. The Morgan fingerprint density at radius 1 is 0.537 bits per heavy atom. The van der Waals surface area contributed by atoms with Gasteiger partial charge in [0.15, 0.2) is 12.3 Å². The molecule has 4 aromatic heterocycles. The van der Waals surface area contributed by atoms with Crippen LogP contribution in [0.15, 0.2) is 97.6 Å². The van der Waals surface area contributed by atoms with Crippen LogP contribution in [0.5, 0.6) is 11.8 Å². The van der Waals surface area contributed by atoms with Crippen molar-refractivity contribution < 1.29 is 73.1 Å². The van der Waals surface area contributed by atoms with E-state index >= 15 is 0 Å². The topological polar surface area (TPSA) is 172 Å². The minimum Gasteiger partial charge on any atom is -0.470 e. The summed E-state index contributed by atoms with van der Waals surface area (Å²) < 4.78 is 141.